The molecule has 1 aliphatic heterocycles. The number of anilines is 2. The Balaban J connectivity index is 1.95. The minimum Gasteiger partial charge on any atom is -0.378 e. The molecule has 0 fully saturated rings. The molecule has 0 radical (unpaired) electrons. The SMILES string of the molecule is CSC1=N[C@H](c2ccc(N(C)C)cc2)C(C(=O)Nc2ccccc2)=C(C)N1. The molecular weight excluding hydrogens is 356 g/mol. The van der Waals surface area contributed by atoms with Crippen LogP contribution in [-0.4, -0.2) is 31.4 Å². The molecule has 140 valence electrons. The molecule has 6 heteroatoms. The molecule has 3 rings (SSSR count). The first-order valence-electron chi connectivity index (χ1n) is 8.73. The number of amidine groups is 1. The largest absolute Gasteiger partial charge is 0.378 e. The average molecular weight is 381 g/mol. The number of carbonyl (C=O) groups excluding carboxylic acids is 1. The fourth-order valence-electron chi connectivity index (χ4n) is 2.96. The van der Waals surface area contributed by atoms with E-state index in [1.807, 2.05) is 86.8 Å². The molecule has 2 aromatic carbocycles. The summed E-state index contributed by atoms with van der Waals surface area (Å²) in [6, 6.07) is 17.3. The summed E-state index contributed by atoms with van der Waals surface area (Å²) < 4.78 is 0. The fraction of sp³-hybridized carbons (Fsp3) is 0.238. The lowest BCUT2D eigenvalue weighted by Crippen LogP contribution is -2.31. The number of rotatable bonds is 4. The second-order valence-corrected chi connectivity index (χ2v) is 7.31. The number of hydrogen-bond acceptors (Lipinski definition) is 5. The maximum absolute atomic E-state index is 13.0. The van der Waals surface area contributed by atoms with E-state index in [9.17, 15) is 4.79 Å². The van der Waals surface area contributed by atoms with Gasteiger partial charge in [0.15, 0.2) is 5.17 Å². The van der Waals surface area contributed by atoms with Gasteiger partial charge in [-0.15, -0.1) is 0 Å². The van der Waals surface area contributed by atoms with E-state index in [0.717, 1.165) is 27.8 Å². The van der Waals surface area contributed by atoms with Crippen LogP contribution in [-0.2, 0) is 4.79 Å². The van der Waals surface area contributed by atoms with Crippen molar-refractivity contribution >= 4 is 34.2 Å². The Kier molecular flexibility index (Phi) is 5.86. The third-order valence-electron chi connectivity index (χ3n) is 4.41. The maximum Gasteiger partial charge on any atom is 0.255 e. The highest BCUT2D eigenvalue weighted by Crippen LogP contribution is 2.33. The van der Waals surface area contributed by atoms with E-state index in [1.54, 1.807) is 0 Å². The zero-order chi connectivity index (χ0) is 19.4. The number of aliphatic imine (C=N–C) groups is 1. The fourth-order valence-corrected chi connectivity index (χ4v) is 3.43. The summed E-state index contributed by atoms with van der Waals surface area (Å²) in [7, 11) is 4.01. The zero-order valence-electron chi connectivity index (χ0n) is 16.0. The summed E-state index contributed by atoms with van der Waals surface area (Å²) in [4.78, 5) is 19.9. The van der Waals surface area contributed by atoms with Crippen molar-refractivity contribution in [2.24, 2.45) is 4.99 Å². The van der Waals surface area contributed by atoms with E-state index in [1.165, 1.54) is 11.8 Å². The lowest BCUT2D eigenvalue weighted by molar-refractivity contribution is -0.113. The predicted molar refractivity (Wildman–Crippen MR) is 115 cm³/mol. The van der Waals surface area contributed by atoms with Crippen LogP contribution in [0.5, 0.6) is 0 Å². The van der Waals surface area contributed by atoms with E-state index in [2.05, 4.69) is 10.6 Å². The molecular formula is C21H24N4OS. The topological polar surface area (TPSA) is 56.7 Å². The molecule has 1 amide bonds. The van der Waals surface area contributed by atoms with Gasteiger partial charge in [0.05, 0.1) is 5.57 Å². The van der Waals surface area contributed by atoms with Crippen molar-refractivity contribution in [2.75, 3.05) is 30.6 Å². The predicted octanol–water partition coefficient (Wildman–Crippen LogP) is 4.03. The van der Waals surface area contributed by atoms with E-state index >= 15 is 0 Å². The van der Waals surface area contributed by atoms with Crippen LogP contribution in [0.4, 0.5) is 11.4 Å². The van der Waals surface area contributed by atoms with Gasteiger partial charge in [-0.25, -0.2) is 4.99 Å². The first-order valence-corrected chi connectivity index (χ1v) is 9.95. The monoisotopic (exact) mass is 380 g/mol. The number of allylic oxidation sites excluding steroid dienone is 1. The second-order valence-electron chi connectivity index (χ2n) is 6.51. The molecule has 1 atom stereocenters. The van der Waals surface area contributed by atoms with Crippen LogP contribution in [0, 0.1) is 0 Å². The molecule has 0 spiro atoms. The second kappa shape index (κ2) is 8.31. The van der Waals surface area contributed by atoms with Crippen LogP contribution in [0.25, 0.3) is 0 Å². The van der Waals surface area contributed by atoms with Crippen molar-refractivity contribution in [1.82, 2.24) is 5.32 Å². The smallest absolute Gasteiger partial charge is 0.255 e. The molecule has 5 nitrogen and oxygen atoms in total. The van der Waals surface area contributed by atoms with Gasteiger partial charge in [0.1, 0.15) is 6.04 Å². The Labute approximate surface area is 164 Å². The van der Waals surface area contributed by atoms with E-state index in [4.69, 9.17) is 4.99 Å². The summed E-state index contributed by atoms with van der Waals surface area (Å²) in [5.74, 6) is -0.142. The van der Waals surface area contributed by atoms with Gasteiger partial charge >= 0.3 is 0 Å². The highest BCUT2D eigenvalue weighted by molar-refractivity contribution is 8.13. The number of benzene rings is 2. The van der Waals surface area contributed by atoms with Crippen LogP contribution in [0.1, 0.15) is 18.5 Å². The van der Waals surface area contributed by atoms with Crippen molar-refractivity contribution in [3.63, 3.8) is 0 Å². The van der Waals surface area contributed by atoms with Gasteiger partial charge in [-0.3, -0.25) is 4.79 Å². The summed E-state index contributed by atoms with van der Waals surface area (Å²) in [5.41, 5.74) is 4.33. The molecule has 0 aromatic heterocycles. The number of hydrogen-bond donors (Lipinski definition) is 2. The van der Waals surface area contributed by atoms with Crippen LogP contribution < -0.4 is 15.5 Å². The zero-order valence-corrected chi connectivity index (χ0v) is 16.8. The Morgan fingerprint density at radius 1 is 1.11 bits per heavy atom. The van der Waals surface area contributed by atoms with Crippen LogP contribution >= 0.6 is 11.8 Å². The van der Waals surface area contributed by atoms with Crippen molar-refractivity contribution in [2.45, 2.75) is 13.0 Å². The van der Waals surface area contributed by atoms with Crippen molar-refractivity contribution < 1.29 is 4.79 Å². The van der Waals surface area contributed by atoms with Crippen LogP contribution in [0.15, 0.2) is 70.9 Å². The van der Waals surface area contributed by atoms with Crippen molar-refractivity contribution in [1.29, 1.82) is 0 Å². The highest BCUT2D eigenvalue weighted by Gasteiger charge is 2.29. The number of thioether (sulfide) groups is 1. The third kappa shape index (κ3) is 4.34. The summed E-state index contributed by atoms with van der Waals surface area (Å²) >= 11 is 1.54. The Morgan fingerprint density at radius 2 is 1.78 bits per heavy atom. The lowest BCUT2D eigenvalue weighted by atomic mass is 9.95. The maximum atomic E-state index is 13.0. The van der Waals surface area contributed by atoms with Gasteiger partial charge in [0.2, 0.25) is 0 Å². The van der Waals surface area contributed by atoms with Gasteiger partial charge in [0.25, 0.3) is 5.91 Å². The van der Waals surface area contributed by atoms with Crippen LogP contribution in [0.2, 0.25) is 0 Å². The number of nitrogens with one attached hydrogen (secondary N) is 2. The summed E-state index contributed by atoms with van der Waals surface area (Å²) in [6.45, 7) is 1.92. The average Bonchev–Trinajstić information content (AvgIpc) is 2.68. The first-order chi connectivity index (χ1) is 13.0. The quantitative estimate of drug-likeness (QED) is 0.841. The third-order valence-corrected chi connectivity index (χ3v) is 5.01. The number of amides is 1. The Morgan fingerprint density at radius 3 is 2.37 bits per heavy atom. The standard InChI is InChI=1S/C21H24N4OS/c1-14-18(20(26)23-16-8-6-5-7-9-16)19(24-21(22-14)27-4)15-10-12-17(13-11-15)25(2)3/h5-13,19H,1-4H3,(H,22,24)(H,23,26)/t19-/m1/s1. The van der Waals surface area contributed by atoms with E-state index in [0.29, 0.717) is 5.57 Å². The van der Waals surface area contributed by atoms with Crippen molar-refractivity contribution in [3.05, 3.63) is 71.4 Å². The van der Waals surface area contributed by atoms with Crippen molar-refractivity contribution in [3.8, 4) is 0 Å². The molecule has 0 aliphatic carbocycles. The molecule has 27 heavy (non-hydrogen) atoms. The van der Waals surface area contributed by atoms with Gasteiger partial charge in [-0.2, -0.15) is 0 Å². The normalized spacial score (nSPS) is 16.4. The summed E-state index contributed by atoms with van der Waals surface area (Å²) in [6.07, 6.45) is 1.97. The van der Waals surface area contributed by atoms with E-state index in [-0.39, 0.29) is 11.9 Å². The number of para-hydroxylation sites is 1. The number of nitrogens with zero attached hydrogens (tertiary/aromatic N) is 2. The molecule has 0 unspecified atom stereocenters. The molecule has 0 bridgehead atoms. The minimum absolute atomic E-state index is 0.142. The Hall–Kier alpha value is -2.73. The molecule has 0 saturated heterocycles. The molecule has 1 aliphatic rings. The molecule has 1 heterocycles. The lowest BCUT2D eigenvalue weighted by Gasteiger charge is -2.26. The van der Waals surface area contributed by atoms with Gasteiger partial charge in [-0.05, 0) is 43.0 Å². The van der Waals surface area contributed by atoms with Gasteiger partial charge < -0.3 is 15.5 Å². The van der Waals surface area contributed by atoms with Gasteiger partial charge in [-0.1, -0.05) is 42.1 Å². The number of carbonyl (C=O) groups is 1. The minimum atomic E-state index is -0.339. The molecule has 0 saturated carbocycles. The Bertz CT molecular complexity index is 873. The summed E-state index contributed by atoms with van der Waals surface area (Å²) in [5, 5.41) is 7.03. The van der Waals surface area contributed by atoms with Gasteiger partial charge in [0, 0.05) is 31.2 Å². The molecule has 2 aromatic rings. The molecule has 2 N–H and O–H groups in total. The van der Waals surface area contributed by atoms with Crippen LogP contribution in [0.3, 0.4) is 0 Å². The van der Waals surface area contributed by atoms with E-state index < -0.39 is 0 Å². The first kappa shape index (κ1) is 19.0. The highest BCUT2D eigenvalue weighted by atomic mass is 32.2.